The number of hydrogen-bond acceptors (Lipinski definition) is 5. The summed E-state index contributed by atoms with van der Waals surface area (Å²) in [4.78, 5) is 13.8. The molecule has 0 atom stereocenters. The van der Waals surface area contributed by atoms with E-state index in [0.717, 1.165) is 37.2 Å². The van der Waals surface area contributed by atoms with Gasteiger partial charge in [-0.15, -0.1) is 10.2 Å². The fraction of sp³-hybridized carbons (Fsp3) is 0.700. The fourth-order valence-corrected chi connectivity index (χ4v) is 2.50. The van der Waals surface area contributed by atoms with E-state index in [-0.39, 0.29) is 5.91 Å². The SMILES string of the molecule is Cc1nnc(SCC(=O)N2CCNCC2)n1C. The molecule has 7 heteroatoms. The Balaban J connectivity index is 1.85. The number of aryl methyl sites for hydroxylation is 1. The van der Waals surface area contributed by atoms with Gasteiger partial charge in [-0.1, -0.05) is 11.8 Å². The van der Waals surface area contributed by atoms with Gasteiger partial charge in [0.2, 0.25) is 5.91 Å². The van der Waals surface area contributed by atoms with Crippen LogP contribution in [-0.4, -0.2) is 57.5 Å². The minimum Gasteiger partial charge on any atom is -0.339 e. The van der Waals surface area contributed by atoms with Crippen molar-refractivity contribution in [3.63, 3.8) is 0 Å². The summed E-state index contributed by atoms with van der Waals surface area (Å²) in [6.45, 7) is 5.28. The van der Waals surface area contributed by atoms with Crippen molar-refractivity contribution in [2.45, 2.75) is 12.1 Å². The number of amides is 1. The molecule has 1 aromatic heterocycles. The van der Waals surface area contributed by atoms with Crippen LogP contribution in [0.2, 0.25) is 0 Å². The van der Waals surface area contributed by atoms with Gasteiger partial charge in [0, 0.05) is 33.2 Å². The Kier molecular flexibility index (Phi) is 4.01. The molecule has 1 N–H and O–H groups in total. The highest BCUT2D eigenvalue weighted by atomic mass is 32.2. The quantitative estimate of drug-likeness (QED) is 0.748. The van der Waals surface area contributed by atoms with Crippen molar-refractivity contribution in [1.82, 2.24) is 25.0 Å². The highest BCUT2D eigenvalue weighted by Crippen LogP contribution is 2.15. The Bertz CT molecular complexity index is 399. The predicted molar refractivity (Wildman–Crippen MR) is 65.9 cm³/mol. The molecule has 0 unspecified atom stereocenters. The van der Waals surface area contributed by atoms with E-state index < -0.39 is 0 Å². The summed E-state index contributed by atoms with van der Waals surface area (Å²) in [6, 6.07) is 0. The number of nitrogens with zero attached hydrogens (tertiary/aromatic N) is 4. The van der Waals surface area contributed by atoms with Crippen LogP contribution < -0.4 is 5.32 Å². The number of carbonyl (C=O) groups is 1. The van der Waals surface area contributed by atoms with E-state index in [4.69, 9.17) is 0 Å². The third-order valence-electron chi connectivity index (χ3n) is 2.85. The molecule has 0 radical (unpaired) electrons. The molecule has 2 heterocycles. The highest BCUT2D eigenvalue weighted by Gasteiger charge is 2.17. The van der Waals surface area contributed by atoms with Gasteiger partial charge in [0.05, 0.1) is 5.75 Å². The minimum atomic E-state index is 0.178. The number of piperazine rings is 1. The van der Waals surface area contributed by atoms with Gasteiger partial charge < -0.3 is 14.8 Å². The average Bonchev–Trinajstić information content (AvgIpc) is 2.68. The third-order valence-corrected chi connectivity index (χ3v) is 3.85. The molecular weight excluding hydrogens is 238 g/mol. The lowest BCUT2D eigenvalue weighted by atomic mass is 10.3. The zero-order valence-electron chi connectivity index (χ0n) is 10.1. The molecule has 94 valence electrons. The summed E-state index contributed by atoms with van der Waals surface area (Å²) < 4.78 is 1.90. The van der Waals surface area contributed by atoms with Crippen molar-refractivity contribution in [2.24, 2.45) is 7.05 Å². The van der Waals surface area contributed by atoms with Gasteiger partial charge >= 0.3 is 0 Å². The zero-order valence-corrected chi connectivity index (χ0v) is 11.0. The van der Waals surface area contributed by atoms with E-state index in [0.29, 0.717) is 5.75 Å². The van der Waals surface area contributed by atoms with Crippen LogP contribution in [0.25, 0.3) is 0 Å². The second-order valence-electron chi connectivity index (χ2n) is 4.01. The number of thioether (sulfide) groups is 1. The lowest BCUT2D eigenvalue weighted by Gasteiger charge is -2.27. The van der Waals surface area contributed by atoms with Crippen LogP contribution >= 0.6 is 11.8 Å². The summed E-state index contributed by atoms with van der Waals surface area (Å²) in [7, 11) is 1.91. The summed E-state index contributed by atoms with van der Waals surface area (Å²) >= 11 is 1.45. The molecule has 1 aliphatic rings. The van der Waals surface area contributed by atoms with E-state index in [1.54, 1.807) is 0 Å². The fourth-order valence-electron chi connectivity index (χ4n) is 1.65. The molecule has 2 rings (SSSR count). The molecule has 17 heavy (non-hydrogen) atoms. The number of rotatable bonds is 3. The maximum absolute atomic E-state index is 11.9. The molecule has 1 aromatic rings. The normalized spacial score (nSPS) is 16.2. The Morgan fingerprint density at radius 3 is 2.71 bits per heavy atom. The van der Waals surface area contributed by atoms with Crippen LogP contribution in [0.1, 0.15) is 5.82 Å². The van der Waals surface area contributed by atoms with Gasteiger partial charge in [-0.25, -0.2) is 0 Å². The first kappa shape index (κ1) is 12.4. The van der Waals surface area contributed by atoms with Crippen LogP contribution in [0, 0.1) is 6.92 Å². The lowest BCUT2D eigenvalue weighted by Crippen LogP contribution is -2.47. The molecule has 1 saturated heterocycles. The van der Waals surface area contributed by atoms with Crippen LogP contribution in [0.15, 0.2) is 5.16 Å². The monoisotopic (exact) mass is 255 g/mol. The maximum Gasteiger partial charge on any atom is 0.233 e. The standard InChI is InChI=1S/C10H17N5OS/c1-8-12-13-10(14(8)2)17-7-9(16)15-5-3-11-4-6-15/h11H,3-7H2,1-2H3. The zero-order chi connectivity index (χ0) is 12.3. The number of nitrogens with one attached hydrogen (secondary N) is 1. The number of aromatic nitrogens is 3. The largest absolute Gasteiger partial charge is 0.339 e. The van der Waals surface area contributed by atoms with E-state index in [1.165, 1.54) is 11.8 Å². The first-order valence-corrected chi connectivity index (χ1v) is 6.64. The predicted octanol–water partition coefficient (Wildman–Crippen LogP) is -0.353. The molecule has 0 saturated carbocycles. The Hall–Kier alpha value is -1.08. The topological polar surface area (TPSA) is 63.1 Å². The molecule has 6 nitrogen and oxygen atoms in total. The smallest absolute Gasteiger partial charge is 0.233 e. The second kappa shape index (κ2) is 5.50. The van der Waals surface area contributed by atoms with Crippen LogP contribution in [0.3, 0.4) is 0 Å². The summed E-state index contributed by atoms with van der Waals surface area (Å²) in [5, 5.41) is 12.0. The van der Waals surface area contributed by atoms with Gasteiger partial charge in [-0.2, -0.15) is 0 Å². The molecular formula is C10H17N5OS. The highest BCUT2D eigenvalue weighted by molar-refractivity contribution is 7.99. The van der Waals surface area contributed by atoms with E-state index in [2.05, 4.69) is 15.5 Å². The lowest BCUT2D eigenvalue weighted by molar-refractivity contribution is -0.128. The minimum absolute atomic E-state index is 0.178. The van der Waals surface area contributed by atoms with Gasteiger partial charge in [0.15, 0.2) is 5.16 Å². The van der Waals surface area contributed by atoms with Gasteiger partial charge in [0.1, 0.15) is 5.82 Å². The number of carbonyl (C=O) groups excluding carboxylic acids is 1. The number of hydrogen-bond donors (Lipinski definition) is 1. The van der Waals surface area contributed by atoms with Crippen molar-refractivity contribution in [2.75, 3.05) is 31.9 Å². The summed E-state index contributed by atoms with van der Waals surface area (Å²) in [5.74, 6) is 1.48. The Morgan fingerprint density at radius 2 is 2.12 bits per heavy atom. The van der Waals surface area contributed by atoms with Gasteiger partial charge in [0.25, 0.3) is 0 Å². The van der Waals surface area contributed by atoms with Crippen molar-refractivity contribution in [3.05, 3.63) is 5.82 Å². The van der Waals surface area contributed by atoms with Crippen molar-refractivity contribution >= 4 is 17.7 Å². The first-order valence-electron chi connectivity index (χ1n) is 5.66. The van der Waals surface area contributed by atoms with Crippen molar-refractivity contribution in [3.8, 4) is 0 Å². The first-order chi connectivity index (χ1) is 8.18. The second-order valence-corrected chi connectivity index (χ2v) is 4.95. The van der Waals surface area contributed by atoms with Crippen molar-refractivity contribution < 1.29 is 4.79 Å². The summed E-state index contributed by atoms with van der Waals surface area (Å²) in [6.07, 6.45) is 0. The van der Waals surface area contributed by atoms with E-state index in [1.807, 2.05) is 23.4 Å². The summed E-state index contributed by atoms with van der Waals surface area (Å²) in [5.41, 5.74) is 0. The van der Waals surface area contributed by atoms with E-state index >= 15 is 0 Å². The molecule has 1 aliphatic heterocycles. The van der Waals surface area contributed by atoms with Gasteiger partial charge in [-0.05, 0) is 6.92 Å². The molecule has 0 aliphatic carbocycles. The molecule has 0 aromatic carbocycles. The molecule has 0 spiro atoms. The Labute approximate surface area is 105 Å². The van der Waals surface area contributed by atoms with Crippen LogP contribution in [-0.2, 0) is 11.8 Å². The molecule has 1 fully saturated rings. The third kappa shape index (κ3) is 2.98. The average molecular weight is 255 g/mol. The molecule has 0 bridgehead atoms. The van der Waals surface area contributed by atoms with Crippen LogP contribution in [0.4, 0.5) is 0 Å². The molecule has 1 amide bonds. The van der Waals surface area contributed by atoms with Crippen molar-refractivity contribution in [1.29, 1.82) is 0 Å². The van der Waals surface area contributed by atoms with Gasteiger partial charge in [-0.3, -0.25) is 4.79 Å². The van der Waals surface area contributed by atoms with Crippen LogP contribution in [0.5, 0.6) is 0 Å². The Morgan fingerprint density at radius 1 is 1.41 bits per heavy atom. The van der Waals surface area contributed by atoms with E-state index in [9.17, 15) is 4.79 Å². The maximum atomic E-state index is 11.9.